The first-order valence-corrected chi connectivity index (χ1v) is 11.1. The number of para-hydroxylation sites is 2. The maximum atomic E-state index is 12.4. The molecule has 7 nitrogen and oxygen atoms in total. The Bertz CT molecular complexity index is 1120. The molecule has 4 rings (SSSR count). The van der Waals surface area contributed by atoms with Crippen LogP contribution >= 0.6 is 0 Å². The Morgan fingerprint density at radius 1 is 0.970 bits per heavy atom. The lowest BCUT2D eigenvalue weighted by Crippen LogP contribution is -2.20. The van der Waals surface area contributed by atoms with Crippen LogP contribution in [0.25, 0.3) is 0 Å². The molecule has 3 aromatic rings. The third-order valence-electron chi connectivity index (χ3n) is 5.61. The summed E-state index contributed by atoms with van der Waals surface area (Å²) in [6, 6.07) is 18.1. The van der Waals surface area contributed by atoms with E-state index in [1.807, 2.05) is 18.2 Å². The van der Waals surface area contributed by atoms with Crippen LogP contribution < -0.4 is 20.1 Å². The summed E-state index contributed by atoms with van der Waals surface area (Å²) in [5.41, 5.74) is 1.17. The molecule has 1 heterocycles. The number of hydrogen-bond donors (Lipinski definition) is 2. The zero-order chi connectivity index (χ0) is 23.2. The maximum Gasteiger partial charge on any atom is 0.262 e. The van der Waals surface area contributed by atoms with Gasteiger partial charge in [-0.15, -0.1) is 0 Å². The standard InChI is InChI=1S/C26H28N2O5/c1-17-14-21(17)22-12-10-20(33-22)11-13-25(29)27-18-6-5-7-19(15-18)28-26(30)16-32-24-9-4-3-8-23(24)31-2/h3-10,12,15,17,21H,11,13-14,16H2,1-2H3,(H,27,29)(H,28,30). The number of ether oxygens (including phenoxy) is 2. The molecule has 2 unspecified atom stereocenters. The Kier molecular flexibility index (Phi) is 6.98. The van der Waals surface area contributed by atoms with Gasteiger partial charge in [0.15, 0.2) is 18.1 Å². The van der Waals surface area contributed by atoms with Crippen LogP contribution in [-0.4, -0.2) is 25.5 Å². The second kappa shape index (κ2) is 10.3. The fourth-order valence-electron chi connectivity index (χ4n) is 3.66. The number of aryl methyl sites for hydroxylation is 1. The van der Waals surface area contributed by atoms with E-state index in [9.17, 15) is 9.59 Å². The lowest BCUT2D eigenvalue weighted by molar-refractivity contribution is -0.118. The molecule has 0 aliphatic heterocycles. The molecule has 0 radical (unpaired) electrons. The van der Waals surface area contributed by atoms with Crippen LogP contribution in [0.2, 0.25) is 0 Å². The quantitative estimate of drug-likeness (QED) is 0.456. The number of methoxy groups -OCH3 is 1. The number of carbonyl (C=O) groups is 2. The first-order chi connectivity index (χ1) is 16.0. The molecule has 0 saturated heterocycles. The van der Waals surface area contributed by atoms with E-state index in [-0.39, 0.29) is 18.4 Å². The summed E-state index contributed by atoms with van der Waals surface area (Å²) in [5, 5.41) is 5.64. The minimum Gasteiger partial charge on any atom is -0.493 e. The van der Waals surface area contributed by atoms with Crippen molar-refractivity contribution in [1.29, 1.82) is 0 Å². The number of anilines is 2. The molecule has 2 N–H and O–H groups in total. The first kappa shape index (κ1) is 22.5. The molecule has 2 atom stereocenters. The topological polar surface area (TPSA) is 89.8 Å². The highest BCUT2D eigenvalue weighted by Gasteiger charge is 2.36. The SMILES string of the molecule is COc1ccccc1OCC(=O)Nc1cccc(NC(=O)CCc2ccc(C3CC3C)o2)c1. The second-order valence-electron chi connectivity index (χ2n) is 8.24. The van der Waals surface area contributed by atoms with Crippen molar-refractivity contribution in [3.63, 3.8) is 0 Å². The van der Waals surface area contributed by atoms with Crippen molar-refractivity contribution < 1.29 is 23.5 Å². The van der Waals surface area contributed by atoms with Gasteiger partial charge in [-0.05, 0) is 54.8 Å². The Labute approximate surface area is 193 Å². The molecule has 2 amide bonds. The van der Waals surface area contributed by atoms with Gasteiger partial charge >= 0.3 is 0 Å². The third kappa shape index (κ3) is 6.16. The first-order valence-electron chi connectivity index (χ1n) is 11.1. The van der Waals surface area contributed by atoms with Gasteiger partial charge in [-0.3, -0.25) is 9.59 Å². The monoisotopic (exact) mass is 448 g/mol. The molecule has 33 heavy (non-hydrogen) atoms. The largest absolute Gasteiger partial charge is 0.493 e. The molecule has 0 bridgehead atoms. The fourth-order valence-corrected chi connectivity index (χ4v) is 3.66. The Hall–Kier alpha value is -3.74. The van der Waals surface area contributed by atoms with E-state index in [1.54, 1.807) is 49.6 Å². The van der Waals surface area contributed by atoms with E-state index < -0.39 is 0 Å². The molecular weight excluding hydrogens is 420 g/mol. The predicted molar refractivity (Wildman–Crippen MR) is 126 cm³/mol. The molecule has 7 heteroatoms. The van der Waals surface area contributed by atoms with Gasteiger partial charge in [0.05, 0.1) is 7.11 Å². The Morgan fingerprint density at radius 2 is 1.67 bits per heavy atom. The van der Waals surface area contributed by atoms with Gasteiger partial charge in [-0.1, -0.05) is 25.1 Å². The number of hydrogen-bond acceptors (Lipinski definition) is 5. The molecule has 1 aromatic heterocycles. The molecule has 1 fully saturated rings. The van der Waals surface area contributed by atoms with Crippen molar-refractivity contribution in [3.8, 4) is 11.5 Å². The Balaban J connectivity index is 1.24. The van der Waals surface area contributed by atoms with Crippen molar-refractivity contribution in [2.24, 2.45) is 5.92 Å². The summed E-state index contributed by atoms with van der Waals surface area (Å²) >= 11 is 0. The van der Waals surface area contributed by atoms with Gasteiger partial charge in [0.1, 0.15) is 11.5 Å². The van der Waals surface area contributed by atoms with Crippen LogP contribution in [0.1, 0.15) is 37.2 Å². The molecule has 2 aromatic carbocycles. The summed E-state index contributed by atoms with van der Waals surface area (Å²) in [4.78, 5) is 24.7. The predicted octanol–water partition coefficient (Wildman–Crippen LogP) is 5.00. The van der Waals surface area contributed by atoms with Crippen LogP contribution in [0.5, 0.6) is 11.5 Å². The van der Waals surface area contributed by atoms with Crippen molar-refractivity contribution in [2.45, 2.75) is 32.1 Å². The van der Waals surface area contributed by atoms with E-state index in [0.29, 0.717) is 47.6 Å². The molecular formula is C26H28N2O5. The van der Waals surface area contributed by atoms with Gasteiger partial charge in [0, 0.05) is 30.1 Å². The van der Waals surface area contributed by atoms with Gasteiger partial charge in [0.2, 0.25) is 5.91 Å². The summed E-state index contributed by atoms with van der Waals surface area (Å²) < 4.78 is 16.6. The molecule has 0 spiro atoms. The van der Waals surface area contributed by atoms with Crippen LogP contribution in [0.3, 0.4) is 0 Å². The average Bonchev–Trinajstić information content (AvgIpc) is 3.35. The Morgan fingerprint density at radius 3 is 2.36 bits per heavy atom. The third-order valence-corrected chi connectivity index (χ3v) is 5.61. The summed E-state index contributed by atoms with van der Waals surface area (Å²) in [6.45, 7) is 2.05. The maximum absolute atomic E-state index is 12.4. The number of nitrogens with one attached hydrogen (secondary N) is 2. The zero-order valence-corrected chi connectivity index (χ0v) is 18.8. The van der Waals surface area contributed by atoms with E-state index in [1.165, 1.54) is 6.42 Å². The normalized spacial score (nSPS) is 16.7. The van der Waals surface area contributed by atoms with Gasteiger partial charge < -0.3 is 24.5 Å². The van der Waals surface area contributed by atoms with E-state index in [0.717, 1.165) is 11.5 Å². The molecule has 1 aliphatic carbocycles. The van der Waals surface area contributed by atoms with Gasteiger partial charge in [-0.25, -0.2) is 0 Å². The highest BCUT2D eigenvalue weighted by atomic mass is 16.5. The minimum absolute atomic E-state index is 0.115. The smallest absolute Gasteiger partial charge is 0.262 e. The number of furan rings is 1. The lowest BCUT2D eigenvalue weighted by Gasteiger charge is -2.11. The van der Waals surface area contributed by atoms with Crippen LogP contribution in [0, 0.1) is 5.92 Å². The highest BCUT2D eigenvalue weighted by Crippen LogP contribution is 2.47. The number of carbonyl (C=O) groups excluding carboxylic acids is 2. The zero-order valence-electron chi connectivity index (χ0n) is 18.8. The molecule has 1 saturated carbocycles. The number of benzene rings is 2. The van der Waals surface area contributed by atoms with Crippen molar-refractivity contribution in [2.75, 3.05) is 24.4 Å². The highest BCUT2D eigenvalue weighted by molar-refractivity contribution is 5.94. The van der Waals surface area contributed by atoms with Crippen LogP contribution in [0.4, 0.5) is 11.4 Å². The molecule has 1 aliphatic rings. The summed E-state index contributed by atoms with van der Waals surface area (Å²) in [7, 11) is 1.54. The van der Waals surface area contributed by atoms with E-state index in [2.05, 4.69) is 17.6 Å². The summed E-state index contributed by atoms with van der Waals surface area (Å²) in [5.74, 6) is 3.69. The lowest BCUT2D eigenvalue weighted by atomic mass is 10.2. The van der Waals surface area contributed by atoms with Gasteiger partial charge in [-0.2, -0.15) is 0 Å². The number of amides is 2. The average molecular weight is 449 g/mol. The van der Waals surface area contributed by atoms with Crippen molar-refractivity contribution >= 4 is 23.2 Å². The van der Waals surface area contributed by atoms with Crippen molar-refractivity contribution in [1.82, 2.24) is 0 Å². The van der Waals surface area contributed by atoms with E-state index >= 15 is 0 Å². The summed E-state index contributed by atoms with van der Waals surface area (Å²) in [6.07, 6.45) is 2.03. The molecule has 172 valence electrons. The number of rotatable bonds is 10. The fraction of sp³-hybridized carbons (Fsp3) is 0.308. The van der Waals surface area contributed by atoms with Crippen LogP contribution in [0.15, 0.2) is 65.1 Å². The van der Waals surface area contributed by atoms with E-state index in [4.69, 9.17) is 13.9 Å². The van der Waals surface area contributed by atoms with Crippen LogP contribution in [-0.2, 0) is 16.0 Å². The van der Waals surface area contributed by atoms with Gasteiger partial charge in [0.25, 0.3) is 5.91 Å². The second-order valence-corrected chi connectivity index (χ2v) is 8.24. The van der Waals surface area contributed by atoms with Crippen molar-refractivity contribution in [3.05, 3.63) is 72.2 Å². The minimum atomic E-state index is -0.317.